The van der Waals surface area contributed by atoms with Gasteiger partial charge in [-0.1, -0.05) is 18.2 Å². The molecule has 1 amide bonds. The van der Waals surface area contributed by atoms with Crippen LogP contribution in [0.1, 0.15) is 22.0 Å². The summed E-state index contributed by atoms with van der Waals surface area (Å²) in [6, 6.07) is 6.41. The van der Waals surface area contributed by atoms with Gasteiger partial charge in [-0.05, 0) is 11.6 Å². The topological polar surface area (TPSA) is 126 Å². The number of hydrogen-bond acceptors (Lipinski definition) is 5. The van der Waals surface area contributed by atoms with Crippen LogP contribution in [0.2, 0.25) is 0 Å². The van der Waals surface area contributed by atoms with Crippen LogP contribution < -0.4 is 5.32 Å². The Morgan fingerprint density at radius 3 is 2.36 bits per heavy atom. The first-order valence-electron chi connectivity index (χ1n) is 7.14. The molecule has 6 N–H and O–H groups in total. The van der Waals surface area contributed by atoms with Crippen LogP contribution in [0.5, 0.6) is 0 Å². The molecule has 1 aliphatic heterocycles. The van der Waals surface area contributed by atoms with Crippen LogP contribution in [0.25, 0.3) is 10.9 Å². The Labute approximate surface area is 125 Å². The minimum absolute atomic E-state index is 0.317. The average Bonchev–Trinajstić information content (AvgIpc) is 2.91. The highest BCUT2D eigenvalue weighted by Gasteiger charge is 2.53. The third-order valence-electron chi connectivity index (χ3n) is 4.78. The van der Waals surface area contributed by atoms with Crippen molar-refractivity contribution in [3.05, 3.63) is 35.5 Å². The number of aliphatic hydroxyl groups excluding tert-OH is 4. The van der Waals surface area contributed by atoms with Gasteiger partial charge in [0.2, 0.25) is 0 Å². The fraction of sp³-hybridized carbons (Fsp3) is 0.400. The number of carbonyl (C=O) groups excluding carboxylic acids is 1. The molecule has 0 saturated heterocycles. The molecule has 1 aromatic heterocycles. The fourth-order valence-electron chi connectivity index (χ4n) is 3.69. The molecule has 0 bridgehead atoms. The first-order chi connectivity index (χ1) is 10.5. The molecule has 4 rings (SSSR count). The van der Waals surface area contributed by atoms with E-state index in [1.807, 2.05) is 24.3 Å². The molecule has 2 heterocycles. The number of para-hydroxylation sites is 1. The van der Waals surface area contributed by atoms with E-state index >= 15 is 0 Å². The smallest absolute Gasteiger partial charge is 0.268 e. The summed E-state index contributed by atoms with van der Waals surface area (Å²) in [5, 5.41) is 43.7. The molecule has 22 heavy (non-hydrogen) atoms. The number of hydrogen-bond donors (Lipinski definition) is 6. The fourth-order valence-corrected chi connectivity index (χ4v) is 3.69. The Kier molecular flexibility index (Phi) is 2.82. The van der Waals surface area contributed by atoms with Crippen molar-refractivity contribution >= 4 is 16.8 Å². The van der Waals surface area contributed by atoms with Crippen molar-refractivity contribution in [1.82, 2.24) is 10.3 Å². The zero-order valence-corrected chi connectivity index (χ0v) is 11.5. The monoisotopic (exact) mass is 304 g/mol. The Bertz CT molecular complexity index is 757. The van der Waals surface area contributed by atoms with Crippen LogP contribution in [-0.2, 0) is 0 Å². The molecule has 1 saturated carbocycles. The predicted octanol–water partition coefficient (Wildman–Crippen LogP) is -1.18. The van der Waals surface area contributed by atoms with Gasteiger partial charge in [0.05, 0.1) is 12.1 Å². The number of rotatable bonds is 0. The molecular formula is C15H16N2O5. The van der Waals surface area contributed by atoms with E-state index in [1.165, 1.54) is 0 Å². The SMILES string of the molecule is O=C1N[C@H]2[C@H](O)[C@H](O)[C@@H](O)[C@H](O)[C@@H]2c2c1[nH]c1ccccc21. The predicted molar refractivity (Wildman–Crippen MR) is 76.3 cm³/mol. The average molecular weight is 304 g/mol. The number of fused-ring (bicyclic) bond motifs is 5. The van der Waals surface area contributed by atoms with Gasteiger partial charge < -0.3 is 30.7 Å². The first-order valence-corrected chi connectivity index (χ1v) is 7.14. The summed E-state index contributed by atoms with van der Waals surface area (Å²) in [5.74, 6) is -1.10. The summed E-state index contributed by atoms with van der Waals surface area (Å²) in [5.41, 5.74) is 1.63. The van der Waals surface area contributed by atoms with Crippen molar-refractivity contribution in [3.8, 4) is 0 Å². The van der Waals surface area contributed by atoms with Gasteiger partial charge in [0.15, 0.2) is 0 Å². The number of aromatic amines is 1. The lowest BCUT2D eigenvalue weighted by Gasteiger charge is -2.46. The van der Waals surface area contributed by atoms with E-state index in [-0.39, 0.29) is 0 Å². The van der Waals surface area contributed by atoms with Crippen molar-refractivity contribution in [2.75, 3.05) is 0 Å². The summed E-state index contributed by atoms with van der Waals surface area (Å²) in [4.78, 5) is 15.3. The van der Waals surface area contributed by atoms with Gasteiger partial charge in [0, 0.05) is 16.8 Å². The summed E-state index contributed by atoms with van der Waals surface area (Å²) >= 11 is 0. The van der Waals surface area contributed by atoms with E-state index in [9.17, 15) is 25.2 Å². The van der Waals surface area contributed by atoms with Crippen LogP contribution in [0.4, 0.5) is 0 Å². The van der Waals surface area contributed by atoms with E-state index < -0.39 is 42.3 Å². The number of amides is 1. The van der Waals surface area contributed by atoms with E-state index in [0.29, 0.717) is 11.3 Å². The standard InChI is InChI=1S/C15H16N2O5/c18-11-8-7-5-3-1-2-4-6(5)16-10(7)15(22)17-9(8)12(19)14(21)13(11)20/h1-4,8-9,11-14,16,18-21H,(H,17,22)/t8-,9-,11-,12+,13+,14+/m1/s1. The Morgan fingerprint density at radius 2 is 1.59 bits per heavy atom. The molecule has 1 aromatic carbocycles. The molecule has 7 nitrogen and oxygen atoms in total. The Morgan fingerprint density at radius 1 is 0.909 bits per heavy atom. The molecule has 7 heteroatoms. The second-order valence-electron chi connectivity index (χ2n) is 5.95. The van der Waals surface area contributed by atoms with Gasteiger partial charge in [0.1, 0.15) is 24.0 Å². The van der Waals surface area contributed by atoms with Crippen LogP contribution in [-0.4, -0.2) is 61.8 Å². The molecule has 2 aromatic rings. The molecule has 0 radical (unpaired) electrons. The highest BCUT2D eigenvalue weighted by Crippen LogP contribution is 2.42. The van der Waals surface area contributed by atoms with Gasteiger partial charge in [-0.3, -0.25) is 4.79 Å². The lowest BCUT2D eigenvalue weighted by atomic mass is 9.71. The van der Waals surface area contributed by atoms with Crippen molar-refractivity contribution in [2.24, 2.45) is 0 Å². The maximum atomic E-state index is 12.3. The summed E-state index contributed by atoms with van der Waals surface area (Å²) in [7, 11) is 0. The molecule has 1 aliphatic carbocycles. The first kappa shape index (κ1) is 13.7. The lowest BCUT2D eigenvalue weighted by Crippen LogP contribution is -2.66. The van der Waals surface area contributed by atoms with Gasteiger partial charge in [0.25, 0.3) is 5.91 Å². The van der Waals surface area contributed by atoms with Crippen molar-refractivity contribution < 1.29 is 25.2 Å². The Hall–Kier alpha value is -1.93. The second-order valence-corrected chi connectivity index (χ2v) is 5.95. The second kappa shape index (κ2) is 4.53. The summed E-state index contributed by atoms with van der Waals surface area (Å²) < 4.78 is 0. The van der Waals surface area contributed by atoms with E-state index in [2.05, 4.69) is 10.3 Å². The van der Waals surface area contributed by atoms with Gasteiger partial charge in [-0.25, -0.2) is 0 Å². The maximum absolute atomic E-state index is 12.3. The molecule has 2 aliphatic rings. The number of H-pyrrole nitrogens is 1. The minimum Gasteiger partial charge on any atom is -0.390 e. The quantitative estimate of drug-likeness (QED) is 0.365. The molecule has 0 spiro atoms. The number of aromatic nitrogens is 1. The third kappa shape index (κ3) is 1.62. The molecule has 6 atom stereocenters. The van der Waals surface area contributed by atoms with Crippen LogP contribution in [0.15, 0.2) is 24.3 Å². The Balaban J connectivity index is 1.96. The third-order valence-corrected chi connectivity index (χ3v) is 4.78. The van der Waals surface area contributed by atoms with Crippen molar-refractivity contribution in [1.29, 1.82) is 0 Å². The van der Waals surface area contributed by atoms with E-state index in [0.717, 1.165) is 10.9 Å². The van der Waals surface area contributed by atoms with E-state index in [4.69, 9.17) is 0 Å². The van der Waals surface area contributed by atoms with Crippen LogP contribution in [0.3, 0.4) is 0 Å². The zero-order chi connectivity index (χ0) is 15.6. The molecule has 116 valence electrons. The van der Waals surface area contributed by atoms with Gasteiger partial charge >= 0.3 is 0 Å². The molecule has 0 unspecified atom stereocenters. The largest absolute Gasteiger partial charge is 0.390 e. The summed E-state index contributed by atoms with van der Waals surface area (Å²) in [6.07, 6.45) is -5.63. The maximum Gasteiger partial charge on any atom is 0.268 e. The van der Waals surface area contributed by atoms with Crippen molar-refractivity contribution in [2.45, 2.75) is 36.4 Å². The zero-order valence-electron chi connectivity index (χ0n) is 11.5. The summed E-state index contributed by atoms with van der Waals surface area (Å²) in [6.45, 7) is 0. The van der Waals surface area contributed by atoms with Crippen LogP contribution >= 0.6 is 0 Å². The molecule has 1 fully saturated rings. The van der Waals surface area contributed by atoms with Crippen molar-refractivity contribution in [3.63, 3.8) is 0 Å². The number of carbonyl (C=O) groups is 1. The van der Waals surface area contributed by atoms with Crippen LogP contribution in [0, 0.1) is 0 Å². The number of nitrogens with one attached hydrogen (secondary N) is 2. The van der Waals surface area contributed by atoms with Gasteiger partial charge in [-0.15, -0.1) is 0 Å². The highest BCUT2D eigenvalue weighted by molar-refractivity contribution is 6.03. The minimum atomic E-state index is -1.51. The number of benzene rings is 1. The highest BCUT2D eigenvalue weighted by atomic mass is 16.4. The van der Waals surface area contributed by atoms with Gasteiger partial charge in [-0.2, -0.15) is 0 Å². The normalized spacial score (nSPS) is 37.5. The lowest BCUT2D eigenvalue weighted by molar-refractivity contribution is -0.155. The number of aliphatic hydroxyl groups is 4. The van der Waals surface area contributed by atoms with E-state index in [1.54, 1.807) is 0 Å². The molecular weight excluding hydrogens is 288 g/mol.